The van der Waals surface area contributed by atoms with E-state index in [9.17, 15) is 0 Å². The van der Waals surface area contributed by atoms with E-state index in [1.807, 2.05) is 6.20 Å². The van der Waals surface area contributed by atoms with Gasteiger partial charge in [0.15, 0.2) is 0 Å². The van der Waals surface area contributed by atoms with Crippen LogP contribution in [0.4, 0.5) is 0 Å². The minimum Gasteiger partial charge on any atom is -0.335 e. The lowest BCUT2D eigenvalue weighted by Crippen LogP contribution is -2.34. The second-order valence-corrected chi connectivity index (χ2v) is 6.01. The summed E-state index contributed by atoms with van der Waals surface area (Å²) in [4.78, 5) is 4.54. The van der Waals surface area contributed by atoms with E-state index in [1.165, 1.54) is 17.8 Å². The summed E-state index contributed by atoms with van der Waals surface area (Å²) in [5.41, 5.74) is 1.43. The molecule has 3 nitrogen and oxygen atoms in total. The van der Waals surface area contributed by atoms with Gasteiger partial charge >= 0.3 is 0 Å². The van der Waals surface area contributed by atoms with Gasteiger partial charge in [-0.25, -0.2) is 4.98 Å². The number of aromatic nitrogens is 2. The fraction of sp³-hybridized carbons (Fsp3) is 0.562. The summed E-state index contributed by atoms with van der Waals surface area (Å²) in [6.45, 7) is 6.56. The molecule has 4 heteroatoms. The van der Waals surface area contributed by atoms with Gasteiger partial charge in [0.25, 0.3) is 0 Å². The molecular formula is C16H25N3S. The van der Waals surface area contributed by atoms with Crippen molar-refractivity contribution < 1.29 is 0 Å². The second-order valence-electron chi connectivity index (χ2n) is 5.23. The van der Waals surface area contributed by atoms with Crippen LogP contribution in [0.3, 0.4) is 0 Å². The van der Waals surface area contributed by atoms with Crippen molar-refractivity contribution in [2.45, 2.75) is 52.1 Å². The molecule has 1 atom stereocenters. The zero-order chi connectivity index (χ0) is 14.2. The number of imidazole rings is 1. The smallest absolute Gasteiger partial charge is 0.110 e. The Kier molecular flexibility index (Phi) is 6.27. The first kappa shape index (κ1) is 15.3. The highest BCUT2D eigenvalue weighted by molar-refractivity contribution is 7.07. The van der Waals surface area contributed by atoms with Crippen LogP contribution in [-0.2, 0) is 19.4 Å². The molecular weight excluding hydrogens is 266 g/mol. The molecule has 0 fully saturated rings. The maximum Gasteiger partial charge on any atom is 0.110 e. The zero-order valence-electron chi connectivity index (χ0n) is 12.5. The van der Waals surface area contributed by atoms with Gasteiger partial charge in [-0.05, 0) is 48.2 Å². The molecule has 0 aromatic carbocycles. The highest BCUT2D eigenvalue weighted by Gasteiger charge is 2.13. The minimum atomic E-state index is 0.475. The predicted octanol–water partition coefficient (Wildman–Crippen LogP) is 3.51. The third kappa shape index (κ3) is 4.46. The van der Waals surface area contributed by atoms with Crippen LogP contribution in [0, 0.1) is 0 Å². The zero-order valence-corrected chi connectivity index (χ0v) is 13.3. The van der Waals surface area contributed by atoms with Crippen molar-refractivity contribution in [3.05, 3.63) is 40.6 Å². The van der Waals surface area contributed by atoms with Gasteiger partial charge in [0, 0.05) is 31.4 Å². The van der Waals surface area contributed by atoms with Crippen molar-refractivity contribution in [2.24, 2.45) is 0 Å². The Morgan fingerprint density at radius 3 is 2.90 bits per heavy atom. The lowest BCUT2D eigenvalue weighted by molar-refractivity contribution is 0.482. The number of aryl methyl sites for hydroxylation is 1. The third-order valence-electron chi connectivity index (χ3n) is 3.44. The van der Waals surface area contributed by atoms with E-state index in [0.717, 1.165) is 32.4 Å². The standard InChI is InChI=1S/C16H25N3S/c1-3-6-17-15(11-14-5-10-20-13-14)12-16-18-7-9-19(16)8-4-2/h5,7,9-10,13,15,17H,3-4,6,8,11-12H2,1-2H3. The number of hydrogen-bond acceptors (Lipinski definition) is 3. The highest BCUT2D eigenvalue weighted by atomic mass is 32.1. The molecule has 0 aliphatic carbocycles. The summed E-state index contributed by atoms with van der Waals surface area (Å²) in [7, 11) is 0. The Labute approximate surface area is 126 Å². The van der Waals surface area contributed by atoms with Crippen molar-refractivity contribution in [2.75, 3.05) is 6.54 Å². The van der Waals surface area contributed by atoms with Crippen molar-refractivity contribution in [3.63, 3.8) is 0 Å². The maximum atomic E-state index is 4.54. The number of thiophene rings is 1. The minimum absolute atomic E-state index is 0.475. The van der Waals surface area contributed by atoms with Crippen LogP contribution < -0.4 is 5.32 Å². The van der Waals surface area contributed by atoms with Crippen LogP contribution >= 0.6 is 11.3 Å². The Balaban J connectivity index is 2.00. The van der Waals surface area contributed by atoms with Crippen molar-refractivity contribution in [3.8, 4) is 0 Å². The van der Waals surface area contributed by atoms with Gasteiger partial charge in [-0.15, -0.1) is 0 Å². The molecule has 2 rings (SSSR count). The van der Waals surface area contributed by atoms with Crippen molar-refractivity contribution in [1.29, 1.82) is 0 Å². The van der Waals surface area contributed by atoms with Crippen LogP contribution in [0.25, 0.3) is 0 Å². The average Bonchev–Trinajstić information content (AvgIpc) is 3.09. The topological polar surface area (TPSA) is 29.9 Å². The fourth-order valence-corrected chi connectivity index (χ4v) is 3.13. The normalized spacial score (nSPS) is 12.7. The van der Waals surface area contributed by atoms with Gasteiger partial charge in [-0.3, -0.25) is 0 Å². The van der Waals surface area contributed by atoms with E-state index < -0.39 is 0 Å². The maximum absolute atomic E-state index is 4.54. The first-order valence-electron chi connectivity index (χ1n) is 7.58. The van der Waals surface area contributed by atoms with Gasteiger partial charge < -0.3 is 9.88 Å². The number of hydrogen-bond donors (Lipinski definition) is 1. The molecule has 2 aromatic rings. The number of nitrogens with one attached hydrogen (secondary N) is 1. The van der Waals surface area contributed by atoms with Crippen LogP contribution in [0.1, 0.15) is 38.1 Å². The van der Waals surface area contributed by atoms with Crippen LogP contribution in [0.2, 0.25) is 0 Å². The molecule has 20 heavy (non-hydrogen) atoms. The first-order chi connectivity index (χ1) is 9.83. The van der Waals surface area contributed by atoms with E-state index in [1.54, 1.807) is 11.3 Å². The van der Waals surface area contributed by atoms with E-state index in [0.29, 0.717) is 6.04 Å². The summed E-state index contributed by atoms with van der Waals surface area (Å²) in [6.07, 6.45) is 8.43. The number of rotatable bonds is 9. The van der Waals surface area contributed by atoms with Crippen LogP contribution in [0.5, 0.6) is 0 Å². The molecule has 0 saturated carbocycles. The SMILES string of the molecule is CCCNC(Cc1ccsc1)Cc1nccn1CCC. The molecule has 0 bridgehead atoms. The molecule has 0 aliphatic rings. The van der Waals surface area contributed by atoms with Gasteiger partial charge in [-0.1, -0.05) is 13.8 Å². The van der Waals surface area contributed by atoms with Gasteiger partial charge in [0.05, 0.1) is 0 Å². The molecule has 1 unspecified atom stereocenters. The van der Waals surface area contributed by atoms with E-state index in [-0.39, 0.29) is 0 Å². The van der Waals surface area contributed by atoms with E-state index in [4.69, 9.17) is 0 Å². The van der Waals surface area contributed by atoms with Crippen molar-refractivity contribution in [1.82, 2.24) is 14.9 Å². The van der Waals surface area contributed by atoms with Crippen molar-refractivity contribution >= 4 is 11.3 Å². The van der Waals surface area contributed by atoms with E-state index in [2.05, 4.69) is 51.7 Å². The first-order valence-corrected chi connectivity index (χ1v) is 8.52. The summed E-state index contributed by atoms with van der Waals surface area (Å²) >= 11 is 1.78. The summed E-state index contributed by atoms with van der Waals surface area (Å²) < 4.78 is 2.29. The van der Waals surface area contributed by atoms with Gasteiger partial charge in [-0.2, -0.15) is 11.3 Å². The Hall–Kier alpha value is -1.13. The molecule has 2 aromatic heterocycles. The summed E-state index contributed by atoms with van der Waals surface area (Å²) in [5, 5.41) is 8.07. The lowest BCUT2D eigenvalue weighted by atomic mass is 10.1. The van der Waals surface area contributed by atoms with Gasteiger partial charge in [0.1, 0.15) is 5.82 Å². The summed E-state index contributed by atoms with van der Waals surface area (Å²) in [6, 6.07) is 2.70. The highest BCUT2D eigenvalue weighted by Crippen LogP contribution is 2.12. The Morgan fingerprint density at radius 2 is 2.20 bits per heavy atom. The second kappa shape index (κ2) is 8.22. The molecule has 0 aliphatic heterocycles. The van der Waals surface area contributed by atoms with Crippen LogP contribution in [-0.4, -0.2) is 22.1 Å². The van der Waals surface area contributed by atoms with E-state index >= 15 is 0 Å². The number of nitrogens with zero attached hydrogens (tertiary/aromatic N) is 2. The molecule has 110 valence electrons. The van der Waals surface area contributed by atoms with Gasteiger partial charge in [0.2, 0.25) is 0 Å². The Bertz CT molecular complexity index is 476. The molecule has 2 heterocycles. The molecule has 0 amide bonds. The molecule has 0 spiro atoms. The monoisotopic (exact) mass is 291 g/mol. The largest absolute Gasteiger partial charge is 0.335 e. The molecule has 1 N–H and O–H groups in total. The predicted molar refractivity (Wildman–Crippen MR) is 86.3 cm³/mol. The molecule has 0 radical (unpaired) electrons. The van der Waals surface area contributed by atoms with Crippen LogP contribution in [0.15, 0.2) is 29.2 Å². The average molecular weight is 291 g/mol. The fourth-order valence-electron chi connectivity index (χ4n) is 2.45. The quantitative estimate of drug-likeness (QED) is 0.766. The Morgan fingerprint density at radius 1 is 1.30 bits per heavy atom. The lowest BCUT2D eigenvalue weighted by Gasteiger charge is -2.18. The summed E-state index contributed by atoms with van der Waals surface area (Å²) in [5.74, 6) is 1.20. The molecule has 0 saturated heterocycles. The third-order valence-corrected chi connectivity index (χ3v) is 4.17.